The summed E-state index contributed by atoms with van der Waals surface area (Å²) in [7, 11) is 0. The van der Waals surface area contributed by atoms with E-state index in [1.165, 1.54) is 5.56 Å². The molecule has 0 atom stereocenters. The van der Waals surface area contributed by atoms with Crippen molar-refractivity contribution < 1.29 is 38.3 Å². The fraction of sp³-hybridized carbons (Fsp3) is 0.111. The molecule has 1 nitrogen and oxygen atoms in total. The molecule has 0 aliphatic carbocycles. The summed E-state index contributed by atoms with van der Waals surface area (Å²) in [4.78, 5) is 0. The Labute approximate surface area is 92.6 Å². The Morgan fingerprint density at radius 3 is 2.67 bits per heavy atom. The third-order valence-electron chi connectivity index (χ3n) is 1.55. The predicted molar refractivity (Wildman–Crippen MR) is 41.0 cm³/mol. The Morgan fingerprint density at radius 1 is 1.17 bits per heavy atom. The summed E-state index contributed by atoms with van der Waals surface area (Å²) in [5, 5.41) is 0. The summed E-state index contributed by atoms with van der Waals surface area (Å²) in [5.74, 6) is 0.991. The van der Waals surface area contributed by atoms with Gasteiger partial charge < -0.3 is 4.74 Å². The molecule has 1 heterocycles. The molecule has 1 aromatic carbocycles. The van der Waals surface area contributed by atoms with Gasteiger partial charge >= 0.3 is 0 Å². The van der Waals surface area contributed by atoms with Crippen molar-refractivity contribution in [2.75, 3.05) is 6.61 Å². The molecule has 67 valence electrons. The smallest absolute Gasteiger partial charge is 0.126 e. The largest absolute Gasteiger partial charge is 0.489 e. The van der Waals surface area contributed by atoms with Crippen LogP contribution in [0.3, 0.4) is 0 Å². The predicted octanol–water partition coefficient (Wildman–Crippen LogP) is 2.09. The summed E-state index contributed by atoms with van der Waals surface area (Å²) in [5.41, 5.74) is 1.17. The van der Waals surface area contributed by atoms with Crippen LogP contribution in [0.25, 0.3) is 6.08 Å². The molecule has 0 unspecified atom stereocenters. The number of fused-ring (bicyclic) bond motifs is 1. The zero-order valence-electron chi connectivity index (χ0n) is 6.27. The van der Waals surface area contributed by atoms with Gasteiger partial charge in [-0.05, 0) is 12.1 Å². The zero-order valence-corrected chi connectivity index (χ0v) is 8.44. The topological polar surface area (TPSA) is 9.23 Å². The first-order chi connectivity index (χ1) is 4.97. The van der Waals surface area contributed by atoms with E-state index in [-0.39, 0.29) is 33.6 Å². The van der Waals surface area contributed by atoms with Crippen LogP contribution in [0, 0.1) is 0 Å². The zero-order chi connectivity index (χ0) is 6.81. The molecule has 1 aromatic rings. The maximum atomic E-state index is 5.34. The van der Waals surface area contributed by atoms with E-state index >= 15 is 0 Å². The molecule has 0 bridgehead atoms. The second-order valence-electron chi connectivity index (χ2n) is 2.25. The molecule has 1 aliphatic rings. The third-order valence-corrected chi connectivity index (χ3v) is 1.55. The van der Waals surface area contributed by atoms with Crippen LogP contribution in [0.1, 0.15) is 5.56 Å². The fourth-order valence-electron chi connectivity index (χ4n) is 1.06. The average Bonchev–Trinajstić information content (AvgIpc) is 2.05. The number of para-hydroxylation sites is 1. The van der Waals surface area contributed by atoms with Crippen LogP contribution < -0.4 is 4.74 Å². The van der Waals surface area contributed by atoms with Gasteiger partial charge in [-0.25, -0.2) is 0 Å². The van der Waals surface area contributed by atoms with Crippen molar-refractivity contribution in [1.82, 2.24) is 0 Å². The van der Waals surface area contributed by atoms with E-state index in [1.54, 1.807) is 0 Å². The molecular formula is C9H8MnNiO. The fourth-order valence-corrected chi connectivity index (χ4v) is 1.06. The Hall–Kier alpha value is -0.227. The summed E-state index contributed by atoms with van der Waals surface area (Å²) in [6.45, 7) is 0.705. The van der Waals surface area contributed by atoms with E-state index in [2.05, 4.69) is 6.08 Å². The normalized spacial score (nSPS) is 11.7. The molecule has 2 rings (SSSR count). The summed E-state index contributed by atoms with van der Waals surface area (Å²) >= 11 is 0. The van der Waals surface area contributed by atoms with Crippen LogP contribution >= 0.6 is 0 Å². The minimum atomic E-state index is 0. The second kappa shape index (κ2) is 5.42. The van der Waals surface area contributed by atoms with E-state index in [1.807, 2.05) is 30.3 Å². The van der Waals surface area contributed by atoms with Crippen LogP contribution in [0.15, 0.2) is 30.3 Å². The van der Waals surface area contributed by atoms with E-state index in [4.69, 9.17) is 4.74 Å². The molecule has 0 N–H and O–H groups in total. The second-order valence-corrected chi connectivity index (χ2v) is 2.25. The number of benzene rings is 1. The minimum Gasteiger partial charge on any atom is -0.489 e. The molecular weight excluding hydrogens is 238 g/mol. The molecule has 3 heteroatoms. The number of ether oxygens (including phenoxy) is 1. The van der Waals surface area contributed by atoms with Crippen LogP contribution in [0.2, 0.25) is 0 Å². The number of hydrogen-bond donors (Lipinski definition) is 0. The van der Waals surface area contributed by atoms with Crippen molar-refractivity contribution in [3.05, 3.63) is 35.9 Å². The molecule has 1 radical (unpaired) electrons. The molecule has 0 spiro atoms. The Balaban J connectivity index is 0.000000605. The quantitative estimate of drug-likeness (QED) is 0.636. The summed E-state index contributed by atoms with van der Waals surface area (Å²) < 4.78 is 5.34. The van der Waals surface area contributed by atoms with Gasteiger partial charge in [0.25, 0.3) is 0 Å². The molecule has 12 heavy (non-hydrogen) atoms. The minimum absolute atomic E-state index is 0. The van der Waals surface area contributed by atoms with E-state index in [9.17, 15) is 0 Å². The summed E-state index contributed by atoms with van der Waals surface area (Å²) in [6.07, 6.45) is 4.10. The summed E-state index contributed by atoms with van der Waals surface area (Å²) in [6, 6.07) is 8.03. The van der Waals surface area contributed by atoms with Crippen molar-refractivity contribution >= 4 is 6.08 Å². The van der Waals surface area contributed by atoms with Crippen molar-refractivity contribution in [3.8, 4) is 5.75 Å². The van der Waals surface area contributed by atoms with Crippen LogP contribution in [-0.4, -0.2) is 6.61 Å². The molecule has 0 saturated heterocycles. The van der Waals surface area contributed by atoms with E-state index in [0.29, 0.717) is 6.61 Å². The van der Waals surface area contributed by atoms with Crippen molar-refractivity contribution in [1.29, 1.82) is 0 Å². The van der Waals surface area contributed by atoms with Crippen molar-refractivity contribution in [3.63, 3.8) is 0 Å². The standard InChI is InChI=1S/C9H8O.Mn.Ni/c1-2-6-9-8(4-1)5-3-7-10-9;;/h1-6H,7H2;;. The van der Waals surface area contributed by atoms with Crippen LogP contribution in [-0.2, 0) is 33.6 Å². The van der Waals surface area contributed by atoms with Gasteiger partial charge in [0.15, 0.2) is 0 Å². The first-order valence-electron chi connectivity index (χ1n) is 3.35. The molecule has 0 aromatic heterocycles. The first-order valence-corrected chi connectivity index (χ1v) is 3.35. The number of rotatable bonds is 0. The molecule has 1 aliphatic heterocycles. The van der Waals surface area contributed by atoms with Gasteiger partial charge in [-0.1, -0.05) is 24.3 Å². The van der Waals surface area contributed by atoms with Crippen LogP contribution in [0.5, 0.6) is 5.75 Å². The van der Waals surface area contributed by atoms with Crippen molar-refractivity contribution in [2.24, 2.45) is 0 Å². The van der Waals surface area contributed by atoms with E-state index in [0.717, 1.165) is 5.75 Å². The Morgan fingerprint density at radius 2 is 1.92 bits per heavy atom. The van der Waals surface area contributed by atoms with Crippen LogP contribution in [0.4, 0.5) is 0 Å². The number of hydrogen-bond acceptors (Lipinski definition) is 1. The maximum Gasteiger partial charge on any atom is 0.126 e. The first kappa shape index (κ1) is 11.8. The molecule has 0 fully saturated rings. The van der Waals surface area contributed by atoms with Gasteiger partial charge in [0.05, 0.1) is 0 Å². The van der Waals surface area contributed by atoms with E-state index < -0.39 is 0 Å². The average molecular weight is 246 g/mol. The van der Waals surface area contributed by atoms with Gasteiger partial charge in [-0.15, -0.1) is 0 Å². The van der Waals surface area contributed by atoms with Gasteiger partial charge in [-0.2, -0.15) is 0 Å². The molecule has 0 saturated carbocycles. The monoisotopic (exact) mass is 245 g/mol. The van der Waals surface area contributed by atoms with Gasteiger partial charge in [0.2, 0.25) is 0 Å². The van der Waals surface area contributed by atoms with Crippen molar-refractivity contribution in [2.45, 2.75) is 0 Å². The molecule has 0 amide bonds. The van der Waals surface area contributed by atoms with Gasteiger partial charge in [0.1, 0.15) is 12.4 Å². The Kier molecular flexibility index (Phi) is 5.32. The maximum absolute atomic E-state index is 5.34. The van der Waals surface area contributed by atoms with Gasteiger partial charge in [0, 0.05) is 39.1 Å². The van der Waals surface area contributed by atoms with Gasteiger partial charge in [-0.3, -0.25) is 0 Å². The third kappa shape index (κ3) is 2.38. The SMILES string of the molecule is C1=Cc2ccccc2OC1.[Mn].[Ni]. The Bertz CT molecular complexity index is 273.